The molecule has 0 saturated carbocycles. The van der Waals surface area contributed by atoms with Crippen LogP contribution in [0.4, 0.5) is 11.4 Å². The summed E-state index contributed by atoms with van der Waals surface area (Å²) in [6.45, 7) is 1.79. The van der Waals surface area contributed by atoms with Gasteiger partial charge in [-0.2, -0.15) is 0 Å². The summed E-state index contributed by atoms with van der Waals surface area (Å²) in [5.74, 6) is -1.17. The summed E-state index contributed by atoms with van der Waals surface area (Å²) in [7, 11) is 1.46. The van der Waals surface area contributed by atoms with E-state index in [2.05, 4.69) is 33.2 Å². The number of hydrogen-bond donors (Lipinski definition) is 2. The maximum atomic E-state index is 12.0. The molecular weight excluding hydrogens is 431 g/mol. The molecular formula is C16H14ClIN2O3. The molecule has 0 spiro atoms. The topological polar surface area (TPSA) is 67.4 Å². The SMILES string of the molecule is COc1cc(Cl)c(C)cc1NC(=O)C(=O)Nc1ccc(I)cc1. The summed E-state index contributed by atoms with van der Waals surface area (Å²) in [6.07, 6.45) is 0. The lowest BCUT2D eigenvalue weighted by Gasteiger charge is -2.12. The largest absolute Gasteiger partial charge is 0.495 e. The number of halogens is 2. The van der Waals surface area contributed by atoms with Gasteiger partial charge in [-0.05, 0) is 65.4 Å². The zero-order valence-corrected chi connectivity index (χ0v) is 15.4. The van der Waals surface area contributed by atoms with Crippen molar-refractivity contribution >= 4 is 57.4 Å². The van der Waals surface area contributed by atoms with Crippen molar-refractivity contribution in [2.75, 3.05) is 17.7 Å². The Labute approximate surface area is 152 Å². The monoisotopic (exact) mass is 444 g/mol. The zero-order chi connectivity index (χ0) is 17.0. The van der Waals surface area contributed by atoms with E-state index in [1.807, 2.05) is 12.1 Å². The highest BCUT2D eigenvalue weighted by molar-refractivity contribution is 14.1. The summed E-state index contributed by atoms with van der Waals surface area (Å²) < 4.78 is 6.20. The molecule has 0 radical (unpaired) electrons. The van der Waals surface area contributed by atoms with E-state index >= 15 is 0 Å². The molecule has 0 aliphatic heterocycles. The molecule has 0 bridgehead atoms. The van der Waals surface area contributed by atoms with Gasteiger partial charge in [-0.15, -0.1) is 0 Å². The summed E-state index contributed by atoms with van der Waals surface area (Å²) >= 11 is 8.17. The van der Waals surface area contributed by atoms with Gasteiger partial charge in [-0.1, -0.05) is 11.6 Å². The van der Waals surface area contributed by atoms with Gasteiger partial charge in [0.05, 0.1) is 12.8 Å². The molecule has 2 amide bonds. The average molecular weight is 445 g/mol. The van der Waals surface area contributed by atoms with Crippen LogP contribution in [0, 0.1) is 10.5 Å². The number of amides is 2. The van der Waals surface area contributed by atoms with Crippen molar-refractivity contribution in [2.24, 2.45) is 0 Å². The smallest absolute Gasteiger partial charge is 0.314 e. The summed E-state index contributed by atoms with van der Waals surface area (Å²) in [5, 5.41) is 5.57. The number of rotatable bonds is 3. The first-order valence-electron chi connectivity index (χ1n) is 6.62. The van der Waals surface area contributed by atoms with Crippen molar-refractivity contribution in [1.29, 1.82) is 0 Å². The molecule has 0 saturated heterocycles. The van der Waals surface area contributed by atoms with Gasteiger partial charge in [0.15, 0.2) is 0 Å². The Bertz CT molecular complexity index is 748. The highest BCUT2D eigenvalue weighted by Gasteiger charge is 2.17. The first-order valence-corrected chi connectivity index (χ1v) is 8.08. The van der Waals surface area contributed by atoms with E-state index in [4.69, 9.17) is 16.3 Å². The molecule has 2 rings (SSSR count). The Hall–Kier alpha value is -1.80. The molecule has 0 fully saturated rings. The highest BCUT2D eigenvalue weighted by Crippen LogP contribution is 2.30. The third-order valence-corrected chi connectivity index (χ3v) is 4.16. The van der Waals surface area contributed by atoms with Crippen LogP contribution in [0.2, 0.25) is 5.02 Å². The predicted octanol–water partition coefficient (Wildman–Crippen LogP) is 3.84. The molecule has 0 heterocycles. The van der Waals surface area contributed by atoms with Crippen molar-refractivity contribution in [3.8, 4) is 5.75 Å². The Balaban J connectivity index is 2.10. The van der Waals surface area contributed by atoms with E-state index in [0.29, 0.717) is 22.1 Å². The van der Waals surface area contributed by atoms with Crippen molar-refractivity contribution < 1.29 is 14.3 Å². The molecule has 0 atom stereocenters. The van der Waals surface area contributed by atoms with Crippen LogP contribution in [-0.2, 0) is 9.59 Å². The number of carbonyl (C=O) groups is 2. The van der Waals surface area contributed by atoms with Crippen molar-refractivity contribution in [3.63, 3.8) is 0 Å². The van der Waals surface area contributed by atoms with Gasteiger partial charge in [-0.3, -0.25) is 9.59 Å². The van der Waals surface area contributed by atoms with Crippen molar-refractivity contribution in [3.05, 3.63) is 50.6 Å². The van der Waals surface area contributed by atoms with E-state index in [1.54, 1.807) is 31.2 Å². The van der Waals surface area contributed by atoms with Crippen LogP contribution in [0.3, 0.4) is 0 Å². The lowest BCUT2D eigenvalue weighted by molar-refractivity contribution is -0.133. The molecule has 2 N–H and O–H groups in total. The molecule has 2 aromatic carbocycles. The molecule has 0 aliphatic rings. The lowest BCUT2D eigenvalue weighted by atomic mass is 10.2. The van der Waals surface area contributed by atoms with Crippen LogP contribution < -0.4 is 15.4 Å². The van der Waals surface area contributed by atoms with Gasteiger partial charge in [0.25, 0.3) is 0 Å². The maximum absolute atomic E-state index is 12.0. The number of carbonyl (C=O) groups excluding carboxylic acids is 2. The Morgan fingerprint density at radius 2 is 1.70 bits per heavy atom. The predicted molar refractivity (Wildman–Crippen MR) is 99.2 cm³/mol. The van der Waals surface area contributed by atoms with Gasteiger partial charge >= 0.3 is 11.8 Å². The summed E-state index contributed by atoms with van der Waals surface area (Å²) in [4.78, 5) is 24.0. The average Bonchev–Trinajstić information content (AvgIpc) is 2.52. The number of methoxy groups -OCH3 is 1. The van der Waals surface area contributed by atoms with Crippen molar-refractivity contribution in [1.82, 2.24) is 0 Å². The van der Waals surface area contributed by atoms with Crippen LogP contribution in [0.25, 0.3) is 0 Å². The molecule has 0 aromatic heterocycles. The van der Waals surface area contributed by atoms with Crippen LogP contribution in [0.15, 0.2) is 36.4 Å². The summed E-state index contributed by atoms with van der Waals surface area (Å²) in [5.41, 5.74) is 1.70. The highest BCUT2D eigenvalue weighted by atomic mass is 127. The van der Waals surface area contributed by atoms with Gasteiger partial charge in [0.1, 0.15) is 5.75 Å². The zero-order valence-electron chi connectivity index (χ0n) is 12.4. The van der Waals surface area contributed by atoms with E-state index in [-0.39, 0.29) is 0 Å². The minimum atomic E-state index is -0.788. The van der Waals surface area contributed by atoms with E-state index < -0.39 is 11.8 Å². The van der Waals surface area contributed by atoms with Crippen LogP contribution in [0.5, 0.6) is 5.75 Å². The third-order valence-electron chi connectivity index (χ3n) is 3.04. The quantitative estimate of drug-likeness (QED) is 0.558. The third kappa shape index (κ3) is 4.59. The van der Waals surface area contributed by atoms with Crippen LogP contribution >= 0.6 is 34.2 Å². The minimum absolute atomic E-state index is 0.385. The van der Waals surface area contributed by atoms with Gasteiger partial charge in [0, 0.05) is 20.3 Å². The fourth-order valence-electron chi connectivity index (χ4n) is 1.83. The molecule has 120 valence electrons. The first kappa shape index (κ1) is 17.6. The first-order chi connectivity index (χ1) is 10.9. The summed E-state index contributed by atoms with van der Waals surface area (Å²) in [6, 6.07) is 10.3. The number of hydrogen-bond acceptors (Lipinski definition) is 3. The Morgan fingerprint density at radius 1 is 1.09 bits per heavy atom. The molecule has 7 heteroatoms. The molecule has 23 heavy (non-hydrogen) atoms. The number of nitrogens with one attached hydrogen (secondary N) is 2. The van der Waals surface area contributed by atoms with Crippen LogP contribution in [-0.4, -0.2) is 18.9 Å². The van der Waals surface area contributed by atoms with E-state index in [1.165, 1.54) is 7.11 Å². The minimum Gasteiger partial charge on any atom is -0.495 e. The molecule has 2 aromatic rings. The number of benzene rings is 2. The van der Waals surface area contributed by atoms with Gasteiger partial charge in [0.2, 0.25) is 0 Å². The molecule has 0 unspecified atom stereocenters. The molecule has 5 nitrogen and oxygen atoms in total. The van der Waals surface area contributed by atoms with E-state index in [9.17, 15) is 9.59 Å². The Kier molecular flexibility index (Phi) is 5.84. The normalized spacial score (nSPS) is 10.1. The lowest BCUT2D eigenvalue weighted by Crippen LogP contribution is -2.29. The molecule has 0 aliphatic carbocycles. The number of anilines is 2. The van der Waals surface area contributed by atoms with E-state index in [0.717, 1.165) is 9.13 Å². The second-order valence-electron chi connectivity index (χ2n) is 4.72. The second kappa shape index (κ2) is 7.65. The second-order valence-corrected chi connectivity index (χ2v) is 6.37. The fraction of sp³-hybridized carbons (Fsp3) is 0.125. The standard InChI is InChI=1S/C16H14ClIN2O3/c1-9-7-13(14(23-2)8-12(9)17)20-16(22)15(21)19-11-5-3-10(18)4-6-11/h3-8H,1-2H3,(H,19,21)(H,20,22). The maximum Gasteiger partial charge on any atom is 0.314 e. The van der Waals surface area contributed by atoms with Crippen molar-refractivity contribution in [2.45, 2.75) is 6.92 Å². The number of ether oxygens (including phenoxy) is 1. The number of aryl methyl sites for hydroxylation is 1. The van der Waals surface area contributed by atoms with Crippen LogP contribution in [0.1, 0.15) is 5.56 Å². The fourth-order valence-corrected chi connectivity index (χ4v) is 2.34. The van der Waals surface area contributed by atoms with Gasteiger partial charge in [-0.25, -0.2) is 0 Å². The Morgan fingerprint density at radius 3 is 2.30 bits per heavy atom. The van der Waals surface area contributed by atoms with Gasteiger partial charge < -0.3 is 15.4 Å².